The van der Waals surface area contributed by atoms with E-state index in [9.17, 15) is 0 Å². The third-order valence-corrected chi connectivity index (χ3v) is 0. The Hall–Kier alpha value is 0.623. The molecule has 0 nitrogen and oxygen atoms in total. The van der Waals surface area contributed by atoms with E-state index in [1.807, 2.05) is 6.92 Å². The first kappa shape index (κ1) is 15.8. The van der Waals surface area contributed by atoms with Gasteiger partial charge in [-0.15, -0.1) is 0 Å². The molecule has 0 spiro atoms. The van der Waals surface area contributed by atoms with Gasteiger partial charge >= 0.3 is 19.5 Å². The first-order valence-electron chi connectivity index (χ1n) is 2.71. The molecular formula is C7H16Zn. The molecule has 0 fully saturated rings. The second kappa shape index (κ2) is 15.6. The zero-order valence-corrected chi connectivity index (χ0v) is 9.59. The molecule has 0 N–H and O–H groups in total. The molecule has 0 amide bonds. The molecule has 0 bridgehead atoms. The first-order chi connectivity index (χ1) is 3.15. The smallest absolute Gasteiger partial charge is 0.344 e. The SMILES string of the molecule is C[C-](C)C.[CH2-]CC.[Zn+2]. The van der Waals surface area contributed by atoms with Crippen molar-refractivity contribution in [2.75, 3.05) is 0 Å². The van der Waals surface area contributed by atoms with Gasteiger partial charge in [0.2, 0.25) is 0 Å². The molecule has 0 aliphatic rings. The fourth-order valence-corrected chi connectivity index (χ4v) is 0. The van der Waals surface area contributed by atoms with Crippen molar-refractivity contribution in [3.05, 3.63) is 12.8 Å². The number of hydrogen-bond acceptors (Lipinski definition) is 0. The average Bonchev–Trinajstić information content (AvgIpc) is 1.33. The van der Waals surface area contributed by atoms with E-state index in [1.165, 1.54) is 5.92 Å². The van der Waals surface area contributed by atoms with Crippen molar-refractivity contribution in [3.8, 4) is 0 Å². The van der Waals surface area contributed by atoms with Gasteiger partial charge in [-0.25, -0.2) is 0 Å². The molecule has 0 aromatic rings. The Morgan fingerprint density at radius 3 is 1.25 bits per heavy atom. The Morgan fingerprint density at radius 2 is 1.25 bits per heavy atom. The molecule has 8 heavy (non-hydrogen) atoms. The van der Waals surface area contributed by atoms with Gasteiger partial charge < -0.3 is 12.8 Å². The van der Waals surface area contributed by atoms with Gasteiger partial charge in [0.25, 0.3) is 0 Å². The summed E-state index contributed by atoms with van der Waals surface area (Å²) >= 11 is 0. The third-order valence-electron chi connectivity index (χ3n) is 0. The van der Waals surface area contributed by atoms with Crippen LogP contribution in [0.2, 0.25) is 0 Å². The summed E-state index contributed by atoms with van der Waals surface area (Å²) in [7, 11) is 0. The Balaban J connectivity index is -0.0000000575. The standard InChI is InChI=1S/C4H9.C3H7.Zn/c1-4(2)3;1-3-2;/h1-3H3;1,3H2,2H3;/q2*-1;+2. The van der Waals surface area contributed by atoms with Gasteiger partial charge in [0, 0.05) is 0 Å². The Kier molecular flexibility index (Phi) is 31.0. The Morgan fingerprint density at radius 1 is 1.25 bits per heavy atom. The normalized spacial score (nSPS) is 6.75. The molecule has 1 heteroatoms. The van der Waals surface area contributed by atoms with E-state index in [2.05, 4.69) is 27.7 Å². The van der Waals surface area contributed by atoms with E-state index in [-0.39, 0.29) is 19.5 Å². The van der Waals surface area contributed by atoms with Crippen molar-refractivity contribution in [2.45, 2.75) is 34.1 Å². The van der Waals surface area contributed by atoms with Gasteiger partial charge in [-0.05, 0) is 0 Å². The quantitative estimate of drug-likeness (QED) is 0.383. The molecule has 0 rings (SSSR count). The molecule has 0 radical (unpaired) electrons. The van der Waals surface area contributed by atoms with Crippen LogP contribution in [-0.2, 0) is 19.5 Å². The second-order valence-electron chi connectivity index (χ2n) is 2.00. The molecule has 0 aromatic carbocycles. The van der Waals surface area contributed by atoms with Crippen LogP contribution >= 0.6 is 0 Å². The molecule has 0 saturated carbocycles. The van der Waals surface area contributed by atoms with E-state index in [1.54, 1.807) is 0 Å². The van der Waals surface area contributed by atoms with Crippen LogP contribution in [0.3, 0.4) is 0 Å². The maximum atomic E-state index is 3.49. The summed E-state index contributed by atoms with van der Waals surface area (Å²) in [5.74, 6) is 1.42. The van der Waals surface area contributed by atoms with E-state index in [0.29, 0.717) is 0 Å². The third kappa shape index (κ3) is 539. The van der Waals surface area contributed by atoms with Crippen LogP contribution in [0.4, 0.5) is 0 Å². The van der Waals surface area contributed by atoms with Crippen LogP contribution in [0.1, 0.15) is 34.1 Å². The van der Waals surface area contributed by atoms with Gasteiger partial charge in [0.15, 0.2) is 0 Å². The minimum Gasteiger partial charge on any atom is -0.344 e. The van der Waals surface area contributed by atoms with Gasteiger partial charge in [-0.2, -0.15) is 27.2 Å². The van der Waals surface area contributed by atoms with Gasteiger partial charge in [-0.1, -0.05) is 6.92 Å². The summed E-state index contributed by atoms with van der Waals surface area (Å²) in [6, 6.07) is 0. The summed E-state index contributed by atoms with van der Waals surface area (Å²) in [6.45, 7) is 11.8. The molecule has 0 aliphatic heterocycles. The second-order valence-corrected chi connectivity index (χ2v) is 2.00. The van der Waals surface area contributed by atoms with Gasteiger partial charge in [-0.3, -0.25) is 0 Å². The zero-order valence-electron chi connectivity index (χ0n) is 6.62. The van der Waals surface area contributed by atoms with Crippen molar-refractivity contribution in [2.24, 2.45) is 0 Å². The van der Waals surface area contributed by atoms with Crippen molar-refractivity contribution < 1.29 is 19.5 Å². The molecule has 0 aromatic heterocycles. The van der Waals surface area contributed by atoms with E-state index in [4.69, 9.17) is 0 Å². The molecule has 0 aliphatic carbocycles. The monoisotopic (exact) mass is 164 g/mol. The van der Waals surface area contributed by atoms with Gasteiger partial charge in [0.1, 0.15) is 0 Å². The maximum absolute atomic E-state index is 3.49. The average molecular weight is 166 g/mol. The van der Waals surface area contributed by atoms with E-state index in [0.717, 1.165) is 6.42 Å². The first-order valence-corrected chi connectivity index (χ1v) is 2.71. The predicted molar refractivity (Wildman–Crippen MR) is 35.9 cm³/mol. The van der Waals surface area contributed by atoms with Crippen LogP contribution in [0.25, 0.3) is 0 Å². The topological polar surface area (TPSA) is 0 Å². The minimum atomic E-state index is 0. The summed E-state index contributed by atoms with van der Waals surface area (Å²) in [5.41, 5.74) is 0. The molecular weight excluding hydrogens is 149 g/mol. The Labute approximate surface area is 66.8 Å². The van der Waals surface area contributed by atoms with Crippen molar-refractivity contribution in [3.63, 3.8) is 0 Å². The van der Waals surface area contributed by atoms with Crippen LogP contribution < -0.4 is 0 Å². The largest absolute Gasteiger partial charge is 2.00 e. The molecule has 0 atom stereocenters. The van der Waals surface area contributed by atoms with Gasteiger partial charge in [0.05, 0.1) is 0 Å². The van der Waals surface area contributed by atoms with Crippen LogP contribution in [0.5, 0.6) is 0 Å². The zero-order chi connectivity index (χ0) is 6.28. The molecule has 0 saturated heterocycles. The molecule has 46 valence electrons. The minimum absolute atomic E-state index is 0. The number of hydrogen-bond donors (Lipinski definition) is 0. The summed E-state index contributed by atoms with van der Waals surface area (Å²) in [5, 5.41) is 0. The summed E-state index contributed by atoms with van der Waals surface area (Å²) in [4.78, 5) is 0. The van der Waals surface area contributed by atoms with Crippen molar-refractivity contribution in [1.82, 2.24) is 0 Å². The van der Waals surface area contributed by atoms with Crippen molar-refractivity contribution >= 4 is 0 Å². The predicted octanol–water partition coefficient (Wildman–Crippen LogP) is 2.85. The van der Waals surface area contributed by atoms with E-state index >= 15 is 0 Å². The molecule has 0 unspecified atom stereocenters. The van der Waals surface area contributed by atoms with Crippen LogP contribution in [0, 0.1) is 12.8 Å². The fraction of sp³-hybridized carbons (Fsp3) is 0.714. The summed E-state index contributed by atoms with van der Waals surface area (Å²) < 4.78 is 0. The summed E-state index contributed by atoms with van der Waals surface area (Å²) in [6.07, 6.45) is 1.00. The van der Waals surface area contributed by atoms with Crippen LogP contribution in [0.15, 0.2) is 0 Å². The fourth-order valence-electron chi connectivity index (χ4n) is 0. The maximum Gasteiger partial charge on any atom is 2.00 e. The van der Waals surface area contributed by atoms with Crippen molar-refractivity contribution in [1.29, 1.82) is 0 Å². The molecule has 0 heterocycles. The van der Waals surface area contributed by atoms with E-state index < -0.39 is 0 Å². The Bertz CT molecular complexity index is 15.6. The van der Waals surface area contributed by atoms with Crippen LogP contribution in [-0.4, -0.2) is 0 Å². The number of rotatable bonds is 0.